The number of oxazole rings is 1. The molecule has 0 bridgehead atoms. The molecule has 0 aliphatic carbocycles. The fourth-order valence-corrected chi connectivity index (χ4v) is 3.62. The number of aliphatic hydroxyl groups is 2. The predicted molar refractivity (Wildman–Crippen MR) is 114 cm³/mol. The van der Waals surface area contributed by atoms with E-state index in [1.165, 1.54) is 6.20 Å². The van der Waals surface area contributed by atoms with Gasteiger partial charge in [-0.25, -0.2) is 14.3 Å². The summed E-state index contributed by atoms with van der Waals surface area (Å²) in [5.41, 5.74) is -0.767. The average Bonchev–Trinajstić information content (AvgIpc) is 3.25. The molecular weight excluding hydrogens is 473 g/mol. The van der Waals surface area contributed by atoms with Crippen molar-refractivity contribution in [2.75, 3.05) is 6.61 Å². The van der Waals surface area contributed by atoms with E-state index in [4.69, 9.17) is 18.9 Å². The number of aromatic nitrogens is 3. The summed E-state index contributed by atoms with van der Waals surface area (Å²) in [4.78, 5) is 47.3. The van der Waals surface area contributed by atoms with Crippen molar-refractivity contribution in [2.24, 2.45) is 0 Å². The Morgan fingerprint density at radius 1 is 1.18 bits per heavy atom. The van der Waals surface area contributed by atoms with Crippen LogP contribution in [0.3, 0.4) is 0 Å². The summed E-state index contributed by atoms with van der Waals surface area (Å²) < 4.78 is 28.1. The van der Waals surface area contributed by atoms with Gasteiger partial charge in [-0.2, -0.15) is 0 Å². The number of nitrogens with zero attached hydrogens (tertiary/aromatic N) is 3. The van der Waals surface area contributed by atoms with Gasteiger partial charge < -0.3 is 29.2 Å². The monoisotopic (exact) mass is 493 g/mol. The molecule has 34 heavy (non-hydrogen) atoms. The second-order valence-electron chi connectivity index (χ2n) is 7.33. The highest BCUT2D eigenvalue weighted by Gasteiger charge is 2.34. The third-order valence-corrected chi connectivity index (χ3v) is 5.42. The van der Waals surface area contributed by atoms with Crippen LogP contribution >= 0.6 is 7.82 Å². The number of rotatable bonds is 7. The number of aliphatic hydroxyl groups excluding tert-OH is 2. The van der Waals surface area contributed by atoms with Crippen LogP contribution in [0.15, 0.2) is 74.3 Å². The van der Waals surface area contributed by atoms with Gasteiger partial charge in [-0.3, -0.25) is 18.5 Å². The van der Waals surface area contributed by atoms with Crippen molar-refractivity contribution in [1.29, 1.82) is 0 Å². The lowest BCUT2D eigenvalue weighted by Gasteiger charge is -2.31. The molecule has 3 heterocycles. The standard InChI is InChI=1S/C20H20N3O10P/c24-13-8-14(25)19(33-16(13)11-31-34(28,29)30)22-7-6-18(26)23(20(22)27)10-17-21-9-15(32-17)12-4-2-1-3-5-12/h1-7,9,14,19,24-25H,8,10-11H2,(H2,28,29,30)/t14-,19+/m0/s1. The van der Waals surface area contributed by atoms with E-state index in [1.54, 1.807) is 0 Å². The third kappa shape index (κ3) is 5.19. The molecule has 0 radical (unpaired) electrons. The molecule has 2 atom stereocenters. The molecule has 0 saturated carbocycles. The van der Waals surface area contributed by atoms with Crippen molar-refractivity contribution in [3.63, 3.8) is 0 Å². The van der Waals surface area contributed by atoms with Crippen LogP contribution in [-0.4, -0.2) is 46.8 Å². The van der Waals surface area contributed by atoms with Crippen LogP contribution in [0, 0.1) is 0 Å². The number of hydrogen-bond acceptors (Lipinski definition) is 9. The molecule has 3 aromatic rings. The third-order valence-electron chi connectivity index (χ3n) is 4.96. The molecule has 1 aromatic carbocycles. The topological polar surface area (TPSA) is 186 Å². The Bertz CT molecular complexity index is 1370. The van der Waals surface area contributed by atoms with Crippen molar-refractivity contribution in [2.45, 2.75) is 25.3 Å². The van der Waals surface area contributed by atoms with Gasteiger partial charge in [0.25, 0.3) is 5.56 Å². The van der Waals surface area contributed by atoms with Crippen LogP contribution < -0.4 is 11.2 Å². The molecule has 4 N–H and O–H groups in total. The number of phosphoric acid groups is 1. The van der Waals surface area contributed by atoms with Gasteiger partial charge >= 0.3 is 13.5 Å². The first-order valence-electron chi connectivity index (χ1n) is 9.90. The van der Waals surface area contributed by atoms with Gasteiger partial charge in [-0.1, -0.05) is 30.3 Å². The predicted octanol–water partition coefficient (Wildman–Crippen LogP) is 0.872. The Hall–Kier alpha value is -3.48. The minimum Gasteiger partial charge on any atom is -0.509 e. The summed E-state index contributed by atoms with van der Waals surface area (Å²) in [5.74, 6) is -0.328. The van der Waals surface area contributed by atoms with E-state index >= 15 is 0 Å². The van der Waals surface area contributed by atoms with Gasteiger partial charge in [0, 0.05) is 24.2 Å². The number of benzene rings is 1. The lowest BCUT2D eigenvalue weighted by Crippen LogP contribution is -2.45. The molecule has 0 saturated heterocycles. The number of hydrogen-bond donors (Lipinski definition) is 4. The second-order valence-corrected chi connectivity index (χ2v) is 8.57. The summed E-state index contributed by atoms with van der Waals surface area (Å²) in [7, 11) is -4.87. The van der Waals surface area contributed by atoms with E-state index in [-0.39, 0.29) is 24.6 Å². The van der Waals surface area contributed by atoms with Gasteiger partial charge in [0.1, 0.15) is 25.0 Å². The van der Waals surface area contributed by atoms with E-state index in [9.17, 15) is 24.4 Å². The summed E-state index contributed by atoms with van der Waals surface area (Å²) >= 11 is 0. The molecule has 14 heteroatoms. The molecule has 1 aliphatic heterocycles. The molecule has 0 unspecified atom stereocenters. The van der Waals surface area contributed by atoms with Crippen LogP contribution in [0.2, 0.25) is 0 Å². The van der Waals surface area contributed by atoms with Crippen LogP contribution in [-0.2, 0) is 20.4 Å². The minimum absolute atomic E-state index is 0.0918. The Balaban J connectivity index is 1.60. The fourth-order valence-electron chi connectivity index (χ4n) is 3.33. The lowest BCUT2D eigenvalue weighted by molar-refractivity contribution is -0.0852. The highest BCUT2D eigenvalue weighted by molar-refractivity contribution is 7.46. The molecule has 0 fully saturated rings. The lowest BCUT2D eigenvalue weighted by atomic mass is 10.1. The molecule has 2 aromatic heterocycles. The largest absolute Gasteiger partial charge is 0.509 e. The van der Waals surface area contributed by atoms with Crippen LogP contribution in [0.5, 0.6) is 0 Å². The zero-order chi connectivity index (χ0) is 24.5. The first-order chi connectivity index (χ1) is 16.1. The first-order valence-corrected chi connectivity index (χ1v) is 11.4. The van der Waals surface area contributed by atoms with E-state index in [1.807, 2.05) is 30.3 Å². The van der Waals surface area contributed by atoms with Crippen molar-refractivity contribution < 1.29 is 38.2 Å². The zero-order valence-corrected chi connectivity index (χ0v) is 18.3. The van der Waals surface area contributed by atoms with E-state index in [0.717, 1.165) is 27.0 Å². The van der Waals surface area contributed by atoms with Gasteiger partial charge in [-0.05, 0) is 0 Å². The number of ether oxygens (including phenoxy) is 1. The van der Waals surface area contributed by atoms with Crippen molar-refractivity contribution in [1.82, 2.24) is 14.1 Å². The van der Waals surface area contributed by atoms with E-state index in [2.05, 4.69) is 9.51 Å². The molecule has 1 aliphatic rings. The zero-order valence-electron chi connectivity index (χ0n) is 17.4. The van der Waals surface area contributed by atoms with Crippen LogP contribution in [0.25, 0.3) is 11.3 Å². The summed E-state index contributed by atoms with van der Waals surface area (Å²) in [5, 5.41) is 20.3. The normalized spacial score (nSPS) is 18.7. The first kappa shape index (κ1) is 23.7. The van der Waals surface area contributed by atoms with Crippen molar-refractivity contribution in [3.05, 3.63) is 87.0 Å². The quantitative estimate of drug-likeness (QED) is 0.342. The molecular formula is C20H20N3O10P. The maximum absolute atomic E-state index is 13.1. The van der Waals surface area contributed by atoms with Crippen molar-refractivity contribution >= 4 is 7.82 Å². The smallest absolute Gasteiger partial charge is 0.470 e. The Kier molecular flexibility index (Phi) is 6.55. The van der Waals surface area contributed by atoms with Crippen LogP contribution in [0.1, 0.15) is 18.5 Å². The van der Waals surface area contributed by atoms with Gasteiger partial charge in [0.05, 0.1) is 6.20 Å². The molecule has 0 amide bonds. The van der Waals surface area contributed by atoms with Gasteiger partial charge in [0.2, 0.25) is 12.1 Å². The molecule has 4 rings (SSSR count). The average molecular weight is 493 g/mol. The fraction of sp³-hybridized carbons (Fsp3) is 0.250. The van der Waals surface area contributed by atoms with Crippen LogP contribution in [0.4, 0.5) is 0 Å². The van der Waals surface area contributed by atoms with Crippen molar-refractivity contribution in [3.8, 4) is 11.3 Å². The van der Waals surface area contributed by atoms with E-state index < -0.39 is 43.8 Å². The Morgan fingerprint density at radius 3 is 2.62 bits per heavy atom. The minimum atomic E-state index is -4.87. The summed E-state index contributed by atoms with van der Waals surface area (Å²) in [6.07, 6.45) is -0.629. The maximum atomic E-state index is 13.1. The summed E-state index contributed by atoms with van der Waals surface area (Å²) in [6, 6.07) is 10.2. The van der Waals surface area contributed by atoms with E-state index in [0.29, 0.717) is 5.76 Å². The molecule has 0 spiro atoms. The second kappa shape index (κ2) is 9.41. The molecule has 180 valence electrons. The highest BCUT2D eigenvalue weighted by Crippen LogP contribution is 2.38. The SMILES string of the molecule is O=c1ccn([C@@H]2OC(COP(=O)(O)O)=C(O)C[C@@H]2O)c(=O)n1Cc1ncc(-c2ccccc2)o1. The number of phosphoric ester groups is 1. The van der Waals surface area contributed by atoms with Gasteiger partial charge in [0.15, 0.2) is 11.5 Å². The van der Waals surface area contributed by atoms with Gasteiger partial charge in [-0.15, -0.1) is 0 Å². The molecule has 13 nitrogen and oxygen atoms in total. The Labute approximate surface area is 191 Å². The maximum Gasteiger partial charge on any atom is 0.470 e. The Morgan fingerprint density at radius 2 is 1.91 bits per heavy atom. The summed E-state index contributed by atoms with van der Waals surface area (Å²) in [6.45, 7) is -1.10. The highest BCUT2D eigenvalue weighted by atomic mass is 31.2.